The van der Waals surface area contributed by atoms with Crippen LogP contribution < -0.4 is 24.8 Å². The van der Waals surface area contributed by atoms with Crippen molar-refractivity contribution in [2.75, 3.05) is 0 Å². The summed E-state index contributed by atoms with van der Waals surface area (Å²) in [6.45, 7) is 6.64. The van der Waals surface area contributed by atoms with E-state index in [1.807, 2.05) is 0 Å². The summed E-state index contributed by atoms with van der Waals surface area (Å²) < 4.78 is 3.31. The van der Waals surface area contributed by atoms with Gasteiger partial charge in [-0.3, -0.25) is 0 Å². The summed E-state index contributed by atoms with van der Waals surface area (Å²) in [5, 5.41) is 0. The minimum absolute atomic E-state index is 0. The summed E-state index contributed by atoms with van der Waals surface area (Å²) in [5.74, 6) is 0. The Morgan fingerprint density at radius 2 is 1.70 bits per heavy atom. The Balaban J connectivity index is 0.00000132. The molecule has 0 nitrogen and oxygen atoms in total. The third kappa shape index (κ3) is 5.18. The van der Waals surface area contributed by atoms with Crippen molar-refractivity contribution in [3.63, 3.8) is 0 Å². The zero-order chi connectivity index (χ0) is 14.8. The van der Waals surface area contributed by atoms with Crippen LogP contribution >= 0.6 is 0 Å². The fourth-order valence-corrected chi connectivity index (χ4v) is 6.24. The number of aryl methyl sites for hydroxylation is 1. The second-order valence-electron chi connectivity index (χ2n) is 5.88. The number of hydrogen-bond acceptors (Lipinski definition) is 0. The van der Waals surface area contributed by atoms with E-state index in [1.54, 1.807) is 12.1 Å². The molecule has 0 bridgehead atoms. The number of rotatable bonds is 3. The molecule has 0 radical (unpaired) electrons. The van der Waals surface area contributed by atoms with Crippen molar-refractivity contribution < 1.29 is 48.0 Å². The van der Waals surface area contributed by atoms with Crippen LogP contribution in [0.15, 0.2) is 71.9 Å². The molecule has 0 aromatic heterocycles. The molecule has 3 rings (SSSR count). The van der Waals surface area contributed by atoms with Crippen LogP contribution in [0, 0.1) is 6.92 Å². The minimum Gasteiger partial charge on any atom is -1.00 e. The van der Waals surface area contributed by atoms with Crippen LogP contribution in [0.25, 0.3) is 6.08 Å². The topological polar surface area (TPSA) is 0 Å². The first kappa shape index (κ1) is 20.4. The van der Waals surface area contributed by atoms with Gasteiger partial charge in [0.15, 0.2) is 0 Å². The molecular weight excluding hydrogens is 402 g/mol. The summed E-state index contributed by atoms with van der Waals surface area (Å²) in [6.07, 6.45) is 12.8. The van der Waals surface area contributed by atoms with Crippen molar-refractivity contribution in [3.05, 3.63) is 83.0 Å². The predicted octanol–water partition coefficient (Wildman–Crippen LogP) is -0.453. The molecule has 0 unspecified atom stereocenters. The number of halogens is 2. The monoisotopic (exact) mass is 420 g/mol. The molecule has 0 N–H and O–H groups in total. The second-order valence-corrected chi connectivity index (χ2v) is 9.40. The van der Waals surface area contributed by atoms with Gasteiger partial charge in [0.05, 0.1) is 0 Å². The Morgan fingerprint density at radius 1 is 1.00 bits per heavy atom. The normalized spacial score (nSPS) is 17.4. The molecule has 2 aliphatic rings. The summed E-state index contributed by atoms with van der Waals surface area (Å²) in [5.41, 5.74) is 7.09. The van der Waals surface area contributed by atoms with Crippen molar-refractivity contribution in [1.29, 1.82) is 0 Å². The molecule has 0 saturated heterocycles. The van der Waals surface area contributed by atoms with Crippen LogP contribution in [-0.4, -0.2) is 0 Å². The van der Waals surface area contributed by atoms with E-state index in [2.05, 4.69) is 75.4 Å². The van der Waals surface area contributed by atoms with Crippen LogP contribution in [0.5, 0.6) is 0 Å². The third-order valence-corrected chi connectivity index (χ3v) is 7.42. The fraction of sp³-hybridized carbons (Fsp3) is 0.200. The average molecular weight is 423 g/mol. The van der Waals surface area contributed by atoms with Gasteiger partial charge in [-0.25, -0.2) is 0 Å². The average Bonchev–Trinajstić information content (AvgIpc) is 3.01. The van der Waals surface area contributed by atoms with Crippen LogP contribution in [0.2, 0.25) is 0 Å². The zero-order valence-electron chi connectivity index (χ0n) is 13.7. The van der Waals surface area contributed by atoms with Crippen molar-refractivity contribution in [2.45, 2.75) is 27.2 Å². The number of allylic oxidation sites excluding steroid dienone is 9. The Morgan fingerprint density at radius 3 is 2.30 bits per heavy atom. The van der Waals surface area contributed by atoms with Gasteiger partial charge in [-0.15, -0.1) is 0 Å². The molecule has 0 fully saturated rings. The van der Waals surface area contributed by atoms with E-state index < -0.39 is 23.2 Å². The molecule has 0 amide bonds. The first-order valence-electron chi connectivity index (χ1n) is 7.43. The molecule has 0 saturated carbocycles. The first-order valence-corrected chi connectivity index (χ1v) is 9.89. The van der Waals surface area contributed by atoms with Crippen LogP contribution in [0.3, 0.4) is 0 Å². The molecule has 1 aromatic rings. The second kappa shape index (κ2) is 9.02. The molecule has 1 aromatic carbocycles. The van der Waals surface area contributed by atoms with Gasteiger partial charge in [0, 0.05) is 0 Å². The molecule has 0 heterocycles. The van der Waals surface area contributed by atoms with Crippen molar-refractivity contribution in [3.8, 4) is 0 Å². The van der Waals surface area contributed by atoms with E-state index in [-0.39, 0.29) is 24.8 Å². The van der Waals surface area contributed by atoms with E-state index in [4.69, 9.17) is 0 Å². The van der Waals surface area contributed by atoms with E-state index in [0.29, 0.717) is 0 Å². The number of hydrogen-bond donors (Lipinski definition) is 0. The van der Waals surface area contributed by atoms with Gasteiger partial charge in [-0.2, -0.15) is 0 Å². The molecule has 0 aliphatic heterocycles. The SMILES string of the molecule is CC1=C(C)C[C]([Zr+2][C]2=CC=CC2=Cc2ccc(C)cc2)=C1.[Cl-].[Cl-]. The summed E-state index contributed by atoms with van der Waals surface area (Å²) >= 11 is -0.632. The maximum atomic E-state index is 2.43. The Hall–Kier alpha value is -0.617. The van der Waals surface area contributed by atoms with Gasteiger partial charge >= 0.3 is 139 Å². The first-order chi connectivity index (χ1) is 10.1. The zero-order valence-corrected chi connectivity index (χ0v) is 17.6. The Kier molecular flexibility index (Phi) is 8.01. The van der Waals surface area contributed by atoms with Gasteiger partial charge in [0.1, 0.15) is 0 Å². The van der Waals surface area contributed by atoms with Crippen molar-refractivity contribution >= 4 is 6.08 Å². The maximum Gasteiger partial charge on any atom is -1.00 e. The van der Waals surface area contributed by atoms with Gasteiger partial charge in [-0.05, 0) is 0 Å². The van der Waals surface area contributed by atoms with E-state index in [9.17, 15) is 0 Å². The predicted molar refractivity (Wildman–Crippen MR) is 87.5 cm³/mol. The molecule has 2 aliphatic carbocycles. The minimum atomic E-state index is -0.632. The molecule has 0 atom stereocenters. The van der Waals surface area contributed by atoms with Crippen LogP contribution in [0.4, 0.5) is 0 Å². The maximum absolute atomic E-state index is 2.43. The van der Waals surface area contributed by atoms with Crippen molar-refractivity contribution in [1.82, 2.24) is 0 Å². The summed E-state index contributed by atoms with van der Waals surface area (Å²) in [6, 6.07) is 8.79. The van der Waals surface area contributed by atoms with Gasteiger partial charge < -0.3 is 24.8 Å². The van der Waals surface area contributed by atoms with Crippen LogP contribution in [0.1, 0.15) is 31.4 Å². The molecule has 23 heavy (non-hydrogen) atoms. The quantitative estimate of drug-likeness (QED) is 0.619. The van der Waals surface area contributed by atoms with E-state index in [0.717, 1.165) is 0 Å². The molecule has 0 spiro atoms. The molecule has 118 valence electrons. The Bertz CT molecular complexity index is 717. The largest absolute Gasteiger partial charge is 1.00 e. The van der Waals surface area contributed by atoms with Crippen LogP contribution in [-0.2, 0) is 23.2 Å². The van der Waals surface area contributed by atoms with Crippen molar-refractivity contribution in [2.24, 2.45) is 0 Å². The molecule has 3 heteroatoms. The van der Waals surface area contributed by atoms with E-state index >= 15 is 0 Å². The van der Waals surface area contributed by atoms with Gasteiger partial charge in [0.25, 0.3) is 0 Å². The molecular formula is C20H20Cl2Zr. The summed E-state index contributed by atoms with van der Waals surface area (Å²) in [7, 11) is 0. The Labute approximate surface area is 163 Å². The fourth-order valence-electron chi connectivity index (χ4n) is 2.63. The van der Waals surface area contributed by atoms with E-state index in [1.165, 1.54) is 28.7 Å². The third-order valence-electron chi connectivity index (χ3n) is 4.06. The van der Waals surface area contributed by atoms with Gasteiger partial charge in [-0.1, -0.05) is 0 Å². The standard InChI is InChI=1S/C13H11.C7H9.2ClH.Zr/c1-11-6-8-13(9-7-11)10-12-4-2-3-5-12;1-6-4-3-5-7(6)2;;;/h2-4,6-10H,1H3;4H,5H2,1-2H3;2*1H;/q;;;;+2/p-2. The van der Waals surface area contributed by atoms with Gasteiger partial charge in [0.2, 0.25) is 0 Å². The smallest absolute Gasteiger partial charge is 1.00 e. The summed E-state index contributed by atoms with van der Waals surface area (Å²) in [4.78, 5) is 0. The number of benzene rings is 1.